The lowest BCUT2D eigenvalue weighted by Crippen LogP contribution is -2.06. The molecule has 11 heteroatoms. The second kappa shape index (κ2) is 6.75. The first-order valence-electron chi connectivity index (χ1n) is 6.70. The molecule has 0 saturated carbocycles. The molecule has 0 atom stereocenters. The van der Waals surface area contributed by atoms with Gasteiger partial charge in [0.15, 0.2) is 5.13 Å². The van der Waals surface area contributed by atoms with Crippen LogP contribution in [0.2, 0.25) is 0 Å². The van der Waals surface area contributed by atoms with Crippen molar-refractivity contribution >= 4 is 60.7 Å². The van der Waals surface area contributed by atoms with E-state index in [9.17, 15) is 25.0 Å². The minimum Gasteiger partial charge on any atom is -0.298 e. The molecule has 0 aliphatic carbocycles. The molecule has 0 bridgehead atoms. The Morgan fingerprint density at radius 2 is 1.92 bits per heavy atom. The summed E-state index contributed by atoms with van der Waals surface area (Å²) in [6, 6.07) is 7.16. The maximum atomic E-state index is 11.9. The van der Waals surface area contributed by atoms with Gasteiger partial charge in [-0.15, -0.1) is 0 Å². The Labute approximate surface area is 147 Å². The van der Waals surface area contributed by atoms with E-state index in [1.54, 1.807) is 6.07 Å². The molecule has 2 heterocycles. The summed E-state index contributed by atoms with van der Waals surface area (Å²) in [7, 11) is 0. The Morgan fingerprint density at radius 1 is 1.12 bits per heavy atom. The summed E-state index contributed by atoms with van der Waals surface area (Å²) in [4.78, 5) is 37.0. The standard InChI is InChI=1S/C14H8N4O5S2/c19-12(5-2-9-3-6-13(24-9)18(22)23)16-14-15-10-4-1-8(17(20)21)7-11(10)25-14/h1-7H,(H,15,16,19). The predicted octanol–water partition coefficient (Wildman–Crippen LogP) is 3.83. The summed E-state index contributed by atoms with van der Waals surface area (Å²) < 4.78 is 0.586. The van der Waals surface area contributed by atoms with Gasteiger partial charge in [-0.2, -0.15) is 0 Å². The van der Waals surface area contributed by atoms with Gasteiger partial charge in [-0.1, -0.05) is 22.7 Å². The van der Waals surface area contributed by atoms with Crippen LogP contribution in [0.1, 0.15) is 4.88 Å². The normalized spacial score (nSPS) is 11.0. The number of nitro benzene ring substituents is 1. The molecule has 0 aliphatic heterocycles. The van der Waals surface area contributed by atoms with Crippen molar-refractivity contribution in [2.24, 2.45) is 0 Å². The number of amides is 1. The van der Waals surface area contributed by atoms with Gasteiger partial charge in [0.1, 0.15) is 0 Å². The summed E-state index contributed by atoms with van der Waals surface area (Å²) in [5.74, 6) is -0.454. The van der Waals surface area contributed by atoms with Crippen molar-refractivity contribution in [2.45, 2.75) is 0 Å². The summed E-state index contributed by atoms with van der Waals surface area (Å²) in [6.45, 7) is 0. The third-order valence-corrected chi connectivity index (χ3v) is 4.94. The minimum absolute atomic E-state index is 0.00664. The maximum Gasteiger partial charge on any atom is 0.324 e. The van der Waals surface area contributed by atoms with Gasteiger partial charge in [0.05, 0.1) is 20.1 Å². The molecule has 0 radical (unpaired) electrons. The summed E-state index contributed by atoms with van der Waals surface area (Å²) in [5.41, 5.74) is 0.497. The number of thiazole rings is 1. The second-order valence-electron chi connectivity index (χ2n) is 4.68. The van der Waals surface area contributed by atoms with Crippen molar-refractivity contribution in [1.82, 2.24) is 4.98 Å². The van der Waals surface area contributed by atoms with Crippen LogP contribution < -0.4 is 5.32 Å². The zero-order chi connectivity index (χ0) is 18.0. The van der Waals surface area contributed by atoms with Crippen molar-refractivity contribution in [3.63, 3.8) is 0 Å². The number of aromatic nitrogens is 1. The van der Waals surface area contributed by atoms with Crippen molar-refractivity contribution < 1.29 is 14.6 Å². The molecular formula is C14H8N4O5S2. The molecule has 0 unspecified atom stereocenters. The molecular weight excluding hydrogens is 368 g/mol. The van der Waals surface area contributed by atoms with Gasteiger partial charge in [0.25, 0.3) is 5.69 Å². The van der Waals surface area contributed by atoms with Gasteiger partial charge in [-0.05, 0) is 18.2 Å². The summed E-state index contributed by atoms with van der Waals surface area (Å²) >= 11 is 2.07. The number of benzene rings is 1. The molecule has 3 rings (SSSR count). The number of hydrogen-bond donors (Lipinski definition) is 1. The highest BCUT2D eigenvalue weighted by Gasteiger charge is 2.11. The number of nitrogens with zero attached hydrogens (tertiary/aromatic N) is 3. The summed E-state index contributed by atoms with van der Waals surface area (Å²) in [6.07, 6.45) is 2.70. The lowest BCUT2D eigenvalue weighted by molar-refractivity contribution is -0.384. The molecule has 2 aromatic heterocycles. The van der Waals surface area contributed by atoms with Gasteiger partial charge in [-0.25, -0.2) is 4.98 Å². The van der Waals surface area contributed by atoms with E-state index in [1.807, 2.05) is 0 Å². The maximum absolute atomic E-state index is 11.9. The topological polar surface area (TPSA) is 128 Å². The van der Waals surface area contributed by atoms with Crippen LogP contribution in [0.25, 0.3) is 16.3 Å². The molecule has 3 aromatic rings. The molecule has 126 valence electrons. The lowest BCUT2D eigenvalue weighted by atomic mass is 10.3. The third kappa shape index (κ3) is 3.84. The molecule has 1 N–H and O–H groups in total. The van der Waals surface area contributed by atoms with Gasteiger partial charge in [0, 0.05) is 29.2 Å². The van der Waals surface area contributed by atoms with Gasteiger partial charge in [-0.3, -0.25) is 30.3 Å². The highest BCUT2D eigenvalue weighted by atomic mass is 32.1. The fraction of sp³-hybridized carbons (Fsp3) is 0. The quantitative estimate of drug-likeness (QED) is 0.409. The molecule has 1 aromatic carbocycles. The largest absolute Gasteiger partial charge is 0.324 e. The molecule has 9 nitrogen and oxygen atoms in total. The summed E-state index contributed by atoms with van der Waals surface area (Å²) in [5, 5.41) is 24.2. The van der Waals surface area contributed by atoms with Crippen molar-refractivity contribution in [2.75, 3.05) is 5.32 Å². The Balaban J connectivity index is 1.71. The average Bonchev–Trinajstić information content (AvgIpc) is 3.18. The first kappa shape index (κ1) is 16.7. The minimum atomic E-state index is -0.500. The monoisotopic (exact) mass is 376 g/mol. The lowest BCUT2D eigenvalue weighted by Gasteiger charge is -1.94. The SMILES string of the molecule is O=C(C=Cc1ccc([N+](=O)[O-])s1)Nc1nc2ccc([N+](=O)[O-])cc2s1. The van der Waals surface area contributed by atoms with E-state index in [-0.39, 0.29) is 10.7 Å². The van der Waals surface area contributed by atoms with Crippen LogP contribution in [0.5, 0.6) is 0 Å². The zero-order valence-electron chi connectivity index (χ0n) is 12.2. The van der Waals surface area contributed by atoms with Crippen molar-refractivity contribution in [1.29, 1.82) is 0 Å². The third-order valence-electron chi connectivity index (χ3n) is 3.00. The number of anilines is 1. The van der Waals surface area contributed by atoms with Gasteiger partial charge in [0.2, 0.25) is 5.91 Å². The van der Waals surface area contributed by atoms with E-state index in [2.05, 4.69) is 10.3 Å². The molecule has 0 aliphatic rings. The van der Waals surface area contributed by atoms with E-state index in [4.69, 9.17) is 0 Å². The Hall–Kier alpha value is -3.18. The average molecular weight is 376 g/mol. The van der Waals surface area contributed by atoms with Gasteiger partial charge < -0.3 is 0 Å². The van der Waals surface area contributed by atoms with E-state index in [1.165, 1.54) is 36.4 Å². The Morgan fingerprint density at radius 3 is 2.60 bits per heavy atom. The van der Waals surface area contributed by atoms with E-state index in [0.717, 1.165) is 22.7 Å². The number of rotatable bonds is 5. The van der Waals surface area contributed by atoms with Crippen LogP contribution >= 0.6 is 22.7 Å². The first-order valence-corrected chi connectivity index (χ1v) is 8.34. The number of nitro groups is 2. The molecule has 1 amide bonds. The smallest absolute Gasteiger partial charge is 0.298 e. The molecule has 0 fully saturated rings. The van der Waals surface area contributed by atoms with Crippen LogP contribution in [0.15, 0.2) is 36.4 Å². The van der Waals surface area contributed by atoms with Crippen LogP contribution in [0, 0.1) is 20.2 Å². The first-order chi connectivity index (χ1) is 11.9. The van der Waals surface area contributed by atoms with Gasteiger partial charge >= 0.3 is 5.00 Å². The van der Waals surface area contributed by atoms with Crippen molar-refractivity contribution in [3.05, 3.63) is 61.5 Å². The molecule has 25 heavy (non-hydrogen) atoms. The van der Waals surface area contributed by atoms with Crippen LogP contribution in [0.4, 0.5) is 15.8 Å². The van der Waals surface area contributed by atoms with Crippen LogP contribution in [-0.4, -0.2) is 20.7 Å². The van der Waals surface area contributed by atoms with Crippen molar-refractivity contribution in [3.8, 4) is 0 Å². The fourth-order valence-electron chi connectivity index (χ4n) is 1.92. The Kier molecular flexibility index (Phi) is 4.50. The predicted molar refractivity (Wildman–Crippen MR) is 94.9 cm³/mol. The number of carbonyl (C=O) groups is 1. The number of fused-ring (bicyclic) bond motifs is 1. The van der Waals surface area contributed by atoms with Crippen LogP contribution in [-0.2, 0) is 4.79 Å². The van der Waals surface area contributed by atoms with E-state index in [0.29, 0.717) is 20.2 Å². The fourth-order valence-corrected chi connectivity index (χ4v) is 3.54. The molecule has 0 spiro atoms. The number of carbonyl (C=O) groups excluding carboxylic acids is 1. The highest BCUT2D eigenvalue weighted by Crippen LogP contribution is 2.29. The Bertz CT molecular complexity index is 1020. The van der Waals surface area contributed by atoms with E-state index < -0.39 is 15.8 Å². The highest BCUT2D eigenvalue weighted by molar-refractivity contribution is 7.22. The number of thiophene rings is 1. The number of non-ortho nitro benzene ring substituents is 1. The zero-order valence-corrected chi connectivity index (χ0v) is 13.9. The number of nitrogens with one attached hydrogen (secondary N) is 1. The number of hydrogen-bond acceptors (Lipinski definition) is 8. The second-order valence-corrected chi connectivity index (χ2v) is 6.81. The molecule has 0 saturated heterocycles. The van der Waals surface area contributed by atoms with Crippen LogP contribution in [0.3, 0.4) is 0 Å². The van der Waals surface area contributed by atoms with E-state index >= 15 is 0 Å².